The van der Waals surface area contributed by atoms with Crippen LogP contribution in [0.25, 0.3) is 5.69 Å². The highest BCUT2D eigenvalue weighted by atomic mass is 35.5. The molecule has 4 rings (SSSR count). The van der Waals surface area contributed by atoms with Crippen molar-refractivity contribution in [1.29, 1.82) is 0 Å². The fraction of sp³-hybridized carbons (Fsp3) is 0.190. The van der Waals surface area contributed by atoms with Crippen LogP contribution in [0.1, 0.15) is 27.3 Å². The lowest BCUT2D eigenvalue weighted by atomic mass is 10.1. The van der Waals surface area contributed by atoms with E-state index in [9.17, 15) is 19.1 Å². The number of aromatic carboxylic acids is 1. The van der Waals surface area contributed by atoms with Crippen LogP contribution in [0.2, 0.25) is 5.02 Å². The molecule has 0 radical (unpaired) electrons. The summed E-state index contributed by atoms with van der Waals surface area (Å²) in [5.74, 6) is -1.49. The van der Waals surface area contributed by atoms with Crippen LogP contribution >= 0.6 is 11.6 Å². The van der Waals surface area contributed by atoms with Gasteiger partial charge >= 0.3 is 12.0 Å². The fourth-order valence-corrected chi connectivity index (χ4v) is 3.58. The first kappa shape index (κ1) is 19.9. The molecule has 7 nitrogen and oxygen atoms in total. The zero-order valence-electron chi connectivity index (χ0n) is 15.8. The Morgan fingerprint density at radius 1 is 1.13 bits per heavy atom. The number of aromatic nitrogens is 2. The van der Waals surface area contributed by atoms with Crippen LogP contribution in [-0.2, 0) is 19.5 Å². The highest BCUT2D eigenvalue weighted by Gasteiger charge is 2.30. The summed E-state index contributed by atoms with van der Waals surface area (Å²) in [7, 11) is 0. The number of amides is 2. The molecule has 1 aliphatic rings. The molecule has 3 aromatic rings. The Balaban J connectivity index is 1.53. The van der Waals surface area contributed by atoms with E-state index in [0.29, 0.717) is 29.2 Å². The number of carboxylic acids is 1. The molecule has 0 fully saturated rings. The topological polar surface area (TPSA) is 87.5 Å². The van der Waals surface area contributed by atoms with Crippen LogP contribution < -0.4 is 5.32 Å². The van der Waals surface area contributed by atoms with Gasteiger partial charge in [0.25, 0.3) is 0 Å². The minimum atomic E-state index is -1.15. The van der Waals surface area contributed by atoms with Gasteiger partial charge in [0.2, 0.25) is 0 Å². The largest absolute Gasteiger partial charge is 0.476 e. The van der Waals surface area contributed by atoms with Crippen molar-refractivity contribution in [3.8, 4) is 5.69 Å². The molecule has 0 spiro atoms. The number of rotatable bonds is 4. The lowest BCUT2D eigenvalue weighted by Crippen LogP contribution is -2.42. The van der Waals surface area contributed by atoms with Gasteiger partial charge in [-0.3, -0.25) is 0 Å². The summed E-state index contributed by atoms with van der Waals surface area (Å²) in [5, 5.41) is 17.2. The first-order chi connectivity index (χ1) is 14.4. The number of hydrogen-bond acceptors (Lipinski definition) is 3. The van der Waals surface area contributed by atoms with Crippen molar-refractivity contribution in [3.63, 3.8) is 0 Å². The third-order valence-corrected chi connectivity index (χ3v) is 5.23. The standard InChI is InChI=1S/C21H18ClFN4O3/c22-14-3-7-16(8-4-14)27-18-9-10-26(12-17(18)19(25-27)20(28)29)21(30)24-11-13-1-5-15(23)6-2-13/h1-8H,9-12H2,(H,24,30)(H,28,29). The highest BCUT2D eigenvalue weighted by molar-refractivity contribution is 6.30. The van der Waals surface area contributed by atoms with Crippen molar-refractivity contribution in [2.24, 2.45) is 0 Å². The quantitative estimate of drug-likeness (QED) is 0.664. The number of benzene rings is 2. The number of urea groups is 1. The predicted molar refractivity (Wildman–Crippen MR) is 108 cm³/mol. The van der Waals surface area contributed by atoms with E-state index in [4.69, 9.17) is 11.6 Å². The van der Waals surface area contributed by atoms with Gasteiger partial charge in [-0.25, -0.2) is 18.7 Å². The van der Waals surface area contributed by atoms with Crippen molar-refractivity contribution >= 4 is 23.6 Å². The highest BCUT2D eigenvalue weighted by Crippen LogP contribution is 2.26. The number of fused-ring (bicyclic) bond motifs is 1. The molecule has 9 heteroatoms. The number of carbonyl (C=O) groups is 2. The fourth-order valence-electron chi connectivity index (χ4n) is 3.45. The lowest BCUT2D eigenvalue weighted by molar-refractivity contribution is 0.0687. The van der Waals surface area contributed by atoms with Gasteiger partial charge in [0.15, 0.2) is 5.69 Å². The maximum absolute atomic E-state index is 13.0. The number of halogens is 2. The molecule has 0 atom stereocenters. The number of nitrogens with one attached hydrogen (secondary N) is 1. The zero-order valence-corrected chi connectivity index (χ0v) is 16.6. The maximum atomic E-state index is 13.0. The monoisotopic (exact) mass is 428 g/mol. The predicted octanol–water partition coefficient (Wildman–Crippen LogP) is 3.63. The van der Waals surface area contributed by atoms with Gasteiger partial charge in [0, 0.05) is 30.1 Å². The molecule has 154 valence electrons. The summed E-state index contributed by atoms with van der Waals surface area (Å²) in [6, 6.07) is 12.5. The van der Waals surface area contributed by atoms with E-state index in [-0.39, 0.29) is 30.6 Å². The minimum Gasteiger partial charge on any atom is -0.476 e. The Hall–Kier alpha value is -3.39. The van der Waals surface area contributed by atoms with E-state index in [2.05, 4.69) is 10.4 Å². The van der Waals surface area contributed by atoms with Gasteiger partial charge in [0.05, 0.1) is 17.9 Å². The average Bonchev–Trinajstić information content (AvgIpc) is 3.13. The van der Waals surface area contributed by atoms with Gasteiger partial charge in [-0.1, -0.05) is 23.7 Å². The molecule has 0 saturated heterocycles. The first-order valence-corrected chi connectivity index (χ1v) is 9.67. The Kier molecular flexibility index (Phi) is 5.41. The molecule has 0 bridgehead atoms. The number of carboxylic acid groups (broad SMARTS) is 1. The SMILES string of the molecule is O=C(O)c1nn(-c2ccc(Cl)cc2)c2c1CN(C(=O)NCc1ccc(F)cc1)CC2. The van der Waals surface area contributed by atoms with Crippen molar-refractivity contribution in [3.05, 3.63) is 81.9 Å². The molecule has 30 heavy (non-hydrogen) atoms. The summed E-state index contributed by atoms with van der Waals surface area (Å²) in [6.45, 7) is 0.804. The Morgan fingerprint density at radius 3 is 2.50 bits per heavy atom. The van der Waals surface area contributed by atoms with Crippen LogP contribution in [0.5, 0.6) is 0 Å². The van der Waals surface area contributed by atoms with Crippen LogP contribution in [0.4, 0.5) is 9.18 Å². The summed E-state index contributed by atoms with van der Waals surface area (Å²) in [4.78, 5) is 25.9. The average molecular weight is 429 g/mol. The molecule has 0 aliphatic carbocycles. The van der Waals surface area contributed by atoms with Gasteiger partial charge in [0.1, 0.15) is 5.82 Å². The Morgan fingerprint density at radius 2 is 1.83 bits per heavy atom. The second-order valence-electron chi connectivity index (χ2n) is 6.92. The lowest BCUT2D eigenvalue weighted by Gasteiger charge is -2.28. The van der Waals surface area contributed by atoms with Crippen LogP contribution in [0.3, 0.4) is 0 Å². The van der Waals surface area contributed by atoms with E-state index < -0.39 is 5.97 Å². The van der Waals surface area contributed by atoms with Crippen LogP contribution in [0.15, 0.2) is 48.5 Å². The van der Waals surface area contributed by atoms with Crippen LogP contribution in [-0.4, -0.2) is 38.3 Å². The summed E-state index contributed by atoms with van der Waals surface area (Å²) < 4.78 is 14.6. The van der Waals surface area contributed by atoms with Gasteiger partial charge in [-0.05, 0) is 42.0 Å². The third-order valence-electron chi connectivity index (χ3n) is 4.98. The number of nitrogens with zero attached hydrogens (tertiary/aromatic N) is 3. The Bertz CT molecular complexity index is 1100. The van der Waals surface area contributed by atoms with Gasteiger partial charge in [-0.15, -0.1) is 0 Å². The summed E-state index contributed by atoms with van der Waals surface area (Å²) >= 11 is 5.94. The molecule has 1 aliphatic heterocycles. The van der Waals surface area contributed by atoms with Crippen molar-refractivity contribution in [2.45, 2.75) is 19.5 Å². The second kappa shape index (κ2) is 8.16. The normalized spacial score (nSPS) is 13.1. The number of carbonyl (C=O) groups excluding carboxylic acids is 1. The molecule has 2 aromatic carbocycles. The van der Waals surface area contributed by atoms with Crippen molar-refractivity contribution in [2.75, 3.05) is 6.54 Å². The van der Waals surface area contributed by atoms with E-state index >= 15 is 0 Å². The van der Waals surface area contributed by atoms with E-state index in [0.717, 1.165) is 11.3 Å². The molecular weight excluding hydrogens is 411 g/mol. The summed E-state index contributed by atoms with van der Waals surface area (Å²) in [5.41, 5.74) is 2.68. The molecule has 2 heterocycles. The zero-order chi connectivity index (χ0) is 21.3. The third kappa shape index (κ3) is 3.99. The second-order valence-corrected chi connectivity index (χ2v) is 7.36. The minimum absolute atomic E-state index is 0.0732. The number of hydrogen-bond donors (Lipinski definition) is 2. The first-order valence-electron chi connectivity index (χ1n) is 9.29. The smallest absolute Gasteiger partial charge is 0.356 e. The molecule has 0 saturated carbocycles. The maximum Gasteiger partial charge on any atom is 0.356 e. The molecule has 0 unspecified atom stereocenters. The van der Waals surface area contributed by atoms with E-state index in [1.807, 2.05) is 0 Å². The molecular formula is C21H18ClFN4O3. The molecule has 2 N–H and O–H groups in total. The van der Waals surface area contributed by atoms with E-state index in [1.54, 1.807) is 46.0 Å². The summed E-state index contributed by atoms with van der Waals surface area (Å²) in [6.07, 6.45) is 0.461. The van der Waals surface area contributed by atoms with Crippen molar-refractivity contribution < 1.29 is 19.1 Å². The molecule has 1 aromatic heterocycles. The molecule has 2 amide bonds. The van der Waals surface area contributed by atoms with E-state index in [1.165, 1.54) is 12.1 Å². The van der Waals surface area contributed by atoms with Gasteiger partial charge in [-0.2, -0.15) is 5.10 Å². The van der Waals surface area contributed by atoms with Gasteiger partial charge < -0.3 is 15.3 Å². The van der Waals surface area contributed by atoms with Crippen LogP contribution in [0, 0.1) is 5.82 Å². The Labute approximate surface area is 176 Å². The van der Waals surface area contributed by atoms with Crippen molar-refractivity contribution in [1.82, 2.24) is 20.0 Å².